The number of aromatic nitrogens is 1. The van der Waals surface area contributed by atoms with E-state index in [-0.39, 0.29) is 6.03 Å². The largest absolute Gasteiger partial charge is 0.333 e. The van der Waals surface area contributed by atoms with Crippen LogP contribution in [-0.2, 0) is 16.6 Å². The van der Waals surface area contributed by atoms with E-state index in [1.165, 1.54) is 10.6 Å². The second kappa shape index (κ2) is 6.06. The zero-order chi connectivity index (χ0) is 14.8. The Balaban J connectivity index is 1.80. The average Bonchev–Trinajstić information content (AvgIpc) is 2.81. The number of amides is 2. The van der Waals surface area contributed by atoms with Gasteiger partial charge in [0, 0.05) is 37.3 Å². The Morgan fingerprint density at radius 2 is 2.05 bits per heavy atom. The molecule has 1 fully saturated rings. The lowest BCUT2D eigenvalue weighted by molar-refractivity contribution is 0.172. The lowest BCUT2D eigenvalue weighted by atomic mass is 10.4. The predicted octanol–water partition coefficient (Wildman–Crippen LogP) is 0.238. The normalized spacial score (nSPS) is 17.2. The first-order chi connectivity index (χ1) is 9.36. The maximum Gasteiger partial charge on any atom is 0.317 e. The van der Waals surface area contributed by atoms with Gasteiger partial charge in [-0.15, -0.1) is 11.3 Å². The summed E-state index contributed by atoms with van der Waals surface area (Å²) in [6.45, 7) is 3.91. The molecule has 1 saturated heterocycles. The maximum absolute atomic E-state index is 12.0. The highest BCUT2D eigenvalue weighted by Gasteiger charge is 2.25. The molecule has 2 rings (SSSR count). The van der Waals surface area contributed by atoms with Gasteiger partial charge in [0.1, 0.15) is 0 Å². The summed E-state index contributed by atoms with van der Waals surface area (Å²) in [6, 6.07) is -0.163. The molecule has 1 aliphatic rings. The fraction of sp³-hybridized carbons (Fsp3) is 0.636. The molecule has 0 bridgehead atoms. The van der Waals surface area contributed by atoms with Gasteiger partial charge < -0.3 is 10.2 Å². The highest BCUT2D eigenvalue weighted by Crippen LogP contribution is 2.11. The number of carbonyl (C=O) groups excluding carboxylic acids is 1. The van der Waals surface area contributed by atoms with Crippen LogP contribution in [0.5, 0.6) is 0 Å². The molecule has 0 spiro atoms. The molecule has 2 heterocycles. The first-order valence-corrected chi connectivity index (χ1v) is 8.92. The third-order valence-electron chi connectivity index (χ3n) is 3.08. The summed E-state index contributed by atoms with van der Waals surface area (Å²) < 4.78 is 24.1. The minimum absolute atomic E-state index is 0.163. The van der Waals surface area contributed by atoms with Crippen LogP contribution in [0.2, 0.25) is 0 Å². The van der Waals surface area contributed by atoms with E-state index in [2.05, 4.69) is 10.3 Å². The zero-order valence-corrected chi connectivity index (χ0v) is 13.1. The number of rotatable bonds is 3. The van der Waals surface area contributed by atoms with Crippen molar-refractivity contribution in [3.63, 3.8) is 0 Å². The fourth-order valence-electron chi connectivity index (χ4n) is 1.98. The first-order valence-electron chi connectivity index (χ1n) is 6.25. The highest BCUT2D eigenvalue weighted by atomic mass is 32.2. The Hall–Kier alpha value is -1.19. The van der Waals surface area contributed by atoms with Gasteiger partial charge in [-0.3, -0.25) is 0 Å². The third-order valence-corrected chi connectivity index (χ3v) is 5.29. The highest BCUT2D eigenvalue weighted by molar-refractivity contribution is 7.88. The van der Waals surface area contributed by atoms with Crippen molar-refractivity contribution >= 4 is 27.4 Å². The Bertz CT molecular complexity index is 576. The van der Waals surface area contributed by atoms with Crippen molar-refractivity contribution in [2.75, 3.05) is 32.4 Å². The fourth-order valence-corrected chi connectivity index (χ4v) is 3.55. The van der Waals surface area contributed by atoms with Gasteiger partial charge in [0.25, 0.3) is 0 Å². The maximum atomic E-state index is 12.0. The van der Waals surface area contributed by atoms with Gasteiger partial charge in [0.15, 0.2) is 0 Å². The smallest absolute Gasteiger partial charge is 0.317 e. The van der Waals surface area contributed by atoms with Crippen LogP contribution in [0.15, 0.2) is 6.20 Å². The van der Waals surface area contributed by atoms with E-state index in [0.717, 1.165) is 9.88 Å². The predicted molar refractivity (Wildman–Crippen MR) is 77.1 cm³/mol. The van der Waals surface area contributed by atoms with Crippen LogP contribution < -0.4 is 5.32 Å². The summed E-state index contributed by atoms with van der Waals surface area (Å²) in [5.74, 6) is 0. The van der Waals surface area contributed by atoms with E-state index in [1.54, 1.807) is 22.4 Å². The van der Waals surface area contributed by atoms with Crippen molar-refractivity contribution < 1.29 is 13.2 Å². The number of hydrogen-bond acceptors (Lipinski definition) is 5. The van der Waals surface area contributed by atoms with E-state index in [1.807, 2.05) is 6.92 Å². The van der Waals surface area contributed by atoms with Crippen molar-refractivity contribution in [3.05, 3.63) is 16.1 Å². The minimum Gasteiger partial charge on any atom is -0.333 e. The van der Waals surface area contributed by atoms with Crippen molar-refractivity contribution in [2.24, 2.45) is 0 Å². The SMILES string of the molecule is Cc1ncc(CNC(=O)N2CCN(S(C)(=O)=O)CC2)s1. The van der Waals surface area contributed by atoms with Crippen LogP contribution in [0.1, 0.15) is 9.88 Å². The number of sulfonamides is 1. The van der Waals surface area contributed by atoms with Crippen LogP contribution in [0.25, 0.3) is 0 Å². The minimum atomic E-state index is -3.16. The van der Waals surface area contributed by atoms with Crippen LogP contribution in [0.4, 0.5) is 4.79 Å². The van der Waals surface area contributed by atoms with E-state index < -0.39 is 10.0 Å². The monoisotopic (exact) mass is 318 g/mol. The summed E-state index contributed by atoms with van der Waals surface area (Å²) in [5.41, 5.74) is 0. The molecular formula is C11H18N4O3S2. The molecule has 0 aliphatic carbocycles. The van der Waals surface area contributed by atoms with Gasteiger partial charge in [-0.2, -0.15) is 4.31 Å². The molecule has 1 aromatic rings. The Morgan fingerprint density at radius 3 is 2.55 bits per heavy atom. The van der Waals surface area contributed by atoms with Crippen LogP contribution in [0, 0.1) is 6.92 Å². The second-order valence-corrected chi connectivity index (χ2v) is 7.96. The molecule has 0 aromatic carbocycles. The summed E-state index contributed by atoms with van der Waals surface area (Å²) in [5, 5.41) is 3.79. The van der Waals surface area contributed by atoms with Gasteiger partial charge in [0.05, 0.1) is 17.8 Å². The van der Waals surface area contributed by atoms with Crippen molar-refractivity contribution in [2.45, 2.75) is 13.5 Å². The summed E-state index contributed by atoms with van der Waals surface area (Å²) in [7, 11) is -3.16. The van der Waals surface area contributed by atoms with Gasteiger partial charge in [0.2, 0.25) is 10.0 Å². The summed E-state index contributed by atoms with van der Waals surface area (Å²) in [4.78, 5) is 18.7. The molecule has 9 heteroatoms. The van der Waals surface area contributed by atoms with Gasteiger partial charge in [-0.25, -0.2) is 18.2 Å². The van der Waals surface area contributed by atoms with Crippen molar-refractivity contribution in [1.29, 1.82) is 0 Å². The Kier molecular flexibility index (Phi) is 4.61. The third kappa shape index (κ3) is 3.90. The van der Waals surface area contributed by atoms with Crippen molar-refractivity contribution in [1.82, 2.24) is 19.5 Å². The van der Waals surface area contributed by atoms with Crippen LogP contribution in [0.3, 0.4) is 0 Å². The molecule has 1 aromatic heterocycles. The summed E-state index contributed by atoms with van der Waals surface area (Å²) >= 11 is 1.55. The molecule has 1 N–H and O–H groups in total. The molecule has 2 amide bonds. The van der Waals surface area contributed by atoms with Crippen LogP contribution >= 0.6 is 11.3 Å². The van der Waals surface area contributed by atoms with E-state index >= 15 is 0 Å². The molecule has 1 aliphatic heterocycles. The number of piperazine rings is 1. The number of nitrogens with one attached hydrogen (secondary N) is 1. The molecule has 7 nitrogen and oxygen atoms in total. The standard InChI is InChI=1S/C11H18N4O3S2/c1-9-12-7-10(19-9)8-13-11(16)14-3-5-15(6-4-14)20(2,17)18/h7H,3-6,8H2,1-2H3,(H,13,16). The zero-order valence-electron chi connectivity index (χ0n) is 11.5. The number of urea groups is 1. The Labute approximate surface area is 122 Å². The van der Waals surface area contributed by atoms with E-state index in [0.29, 0.717) is 32.7 Å². The molecule has 0 saturated carbocycles. The molecule has 0 radical (unpaired) electrons. The van der Waals surface area contributed by atoms with Gasteiger partial charge >= 0.3 is 6.03 Å². The lowest BCUT2D eigenvalue weighted by Crippen LogP contribution is -2.52. The number of hydrogen-bond donors (Lipinski definition) is 1. The van der Waals surface area contributed by atoms with E-state index in [4.69, 9.17) is 0 Å². The van der Waals surface area contributed by atoms with Gasteiger partial charge in [-0.05, 0) is 6.92 Å². The quantitative estimate of drug-likeness (QED) is 0.865. The first kappa shape index (κ1) is 15.2. The average molecular weight is 318 g/mol. The number of aryl methyl sites for hydroxylation is 1. The molecule has 20 heavy (non-hydrogen) atoms. The molecular weight excluding hydrogens is 300 g/mol. The topological polar surface area (TPSA) is 82.6 Å². The number of carbonyl (C=O) groups is 1. The van der Waals surface area contributed by atoms with Gasteiger partial charge in [-0.1, -0.05) is 0 Å². The molecule has 112 valence electrons. The Morgan fingerprint density at radius 1 is 1.40 bits per heavy atom. The summed E-state index contributed by atoms with van der Waals surface area (Å²) in [6.07, 6.45) is 2.94. The van der Waals surface area contributed by atoms with Crippen molar-refractivity contribution in [3.8, 4) is 0 Å². The number of thiazole rings is 1. The molecule has 0 atom stereocenters. The number of nitrogens with zero attached hydrogens (tertiary/aromatic N) is 3. The van der Waals surface area contributed by atoms with E-state index in [9.17, 15) is 13.2 Å². The lowest BCUT2D eigenvalue weighted by Gasteiger charge is -2.33. The second-order valence-electron chi connectivity index (χ2n) is 4.65. The molecule has 0 unspecified atom stereocenters. The van der Waals surface area contributed by atoms with Crippen LogP contribution in [-0.4, -0.2) is 61.1 Å².